The van der Waals surface area contributed by atoms with Gasteiger partial charge in [0.15, 0.2) is 0 Å². The molecule has 1 aromatic heterocycles. The van der Waals surface area contributed by atoms with Crippen LogP contribution in [0.25, 0.3) is 11.0 Å². The lowest BCUT2D eigenvalue weighted by Gasteiger charge is -2.15. The van der Waals surface area contributed by atoms with E-state index in [-0.39, 0.29) is 0 Å². The van der Waals surface area contributed by atoms with Gasteiger partial charge in [0.2, 0.25) is 0 Å². The van der Waals surface area contributed by atoms with Crippen molar-refractivity contribution in [3.8, 4) is 0 Å². The maximum absolute atomic E-state index is 4.70. The molecule has 1 aromatic carbocycles. The number of hydrogen-bond donors (Lipinski definition) is 1. The lowest BCUT2D eigenvalue weighted by molar-refractivity contribution is 0.792. The van der Waals surface area contributed by atoms with Crippen LogP contribution < -0.4 is 0 Å². The minimum atomic E-state index is 0.447. The van der Waals surface area contributed by atoms with E-state index in [0.717, 1.165) is 11.3 Å². The fourth-order valence-electron chi connectivity index (χ4n) is 2.38. The Morgan fingerprint density at radius 3 is 1.89 bits per heavy atom. The van der Waals surface area contributed by atoms with Crippen LogP contribution in [0, 0.1) is 0 Å². The van der Waals surface area contributed by atoms with Crippen LogP contribution in [0.4, 0.5) is 0 Å². The van der Waals surface area contributed by atoms with E-state index in [2.05, 4.69) is 58.7 Å². The molecule has 1 heterocycles. The molecule has 2 aromatic rings. The Kier molecular flexibility index (Phi) is 3.47. The molecular weight excluding hydrogens is 220 g/mol. The minimum absolute atomic E-state index is 0.447. The molecule has 18 heavy (non-hydrogen) atoms. The van der Waals surface area contributed by atoms with Crippen molar-refractivity contribution in [2.45, 2.75) is 59.3 Å². The van der Waals surface area contributed by atoms with Gasteiger partial charge in [-0.2, -0.15) is 0 Å². The second-order valence-electron chi connectivity index (χ2n) is 6.08. The number of H-pyrrole nitrogens is 1. The van der Waals surface area contributed by atoms with Gasteiger partial charge in [0.25, 0.3) is 0 Å². The van der Waals surface area contributed by atoms with Gasteiger partial charge in [-0.3, -0.25) is 0 Å². The van der Waals surface area contributed by atoms with Gasteiger partial charge in [-0.15, -0.1) is 0 Å². The zero-order chi connectivity index (χ0) is 13.4. The number of hydrogen-bond acceptors (Lipinski definition) is 1. The third kappa shape index (κ3) is 2.29. The van der Waals surface area contributed by atoms with Gasteiger partial charge < -0.3 is 4.98 Å². The molecular formula is C16H24N2. The molecule has 0 atom stereocenters. The number of aromatic amines is 1. The first-order valence-corrected chi connectivity index (χ1v) is 6.93. The van der Waals surface area contributed by atoms with E-state index in [4.69, 9.17) is 4.98 Å². The number of benzene rings is 1. The summed E-state index contributed by atoms with van der Waals surface area (Å²) in [5.74, 6) is 2.63. The second-order valence-corrected chi connectivity index (χ2v) is 6.08. The SMILES string of the molecule is CC(C)c1nc2cc(C(C)C)c(C(C)C)cc2[nH]1. The minimum Gasteiger partial charge on any atom is -0.342 e. The van der Waals surface area contributed by atoms with Crippen LogP contribution in [0.15, 0.2) is 12.1 Å². The molecule has 0 aliphatic rings. The fourth-order valence-corrected chi connectivity index (χ4v) is 2.38. The number of fused-ring (bicyclic) bond motifs is 1. The van der Waals surface area contributed by atoms with Gasteiger partial charge in [0, 0.05) is 5.92 Å². The van der Waals surface area contributed by atoms with Gasteiger partial charge in [-0.25, -0.2) is 4.98 Å². The summed E-state index contributed by atoms with van der Waals surface area (Å²) in [6, 6.07) is 4.55. The highest BCUT2D eigenvalue weighted by molar-refractivity contribution is 5.77. The summed E-state index contributed by atoms with van der Waals surface area (Å²) in [7, 11) is 0. The number of rotatable bonds is 3. The molecule has 0 radical (unpaired) electrons. The zero-order valence-electron chi connectivity index (χ0n) is 12.3. The van der Waals surface area contributed by atoms with Crippen molar-refractivity contribution < 1.29 is 0 Å². The largest absolute Gasteiger partial charge is 0.342 e. The number of aromatic nitrogens is 2. The van der Waals surface area contributed by atoms with E-state index < -0.39 is 0 Å². The summed E-state index contributed by atoms with van der Waals surface area (Å²) in [5.41, 5.74) is 5.15. The molecule has 0 aliphatic heterocycles. The summed E-state index contributed by atoms with van der Waals surface area (Å²) >= 11 is 0. The van der Waals surface area contributed by atoms with E-state index in [9.17, 15) is 0 Å². The van der Waals surface area contributed by atoms with Crippen LogP contribution in [0.5, 0.6) is 0 Å². The van der Waals surface area contributed by atoms with Crippen molar-refractivity contribution >= 4 is 11.0 Å². The average molecular weight is 244 g/mol. The lowest BCUT2D eigenvalue weighted by Crippen LogP contribution is -1.98. The summed E-state index contributed by atoms with van der Waals surface area (Å²) in [6.45, 7) is 13.4. The molecule has 0 saturated heterocycles. The normalized spacial score (nSPS) is 12.3. The summed E-state index contributed by atoms with van der Waals surface area (Å²) in [4.78, 5) is 8.15. The molecule has 0 saturated carbocycles. The number of imidazole rings is 1. The Bertz CT molecular complexity index is 502. The molecule has 0 amide bonds. The molecule has 2 rings (SSSR count). The number of nitrogens with zero attached hydrogens (tertiary/aromatic N) is 1. The molecule has 0 spiro atoms. The Hall–Kier alpha value is -1.31. The summed E-state index contributed by atoms with van der Waals surface area (Å²) in [5, 5.41) is 0. The summed E-state index contributed by atoms with van der Waals surface area (Å²) < 4.78 is 0. The molecule has 0 unspecified atom stereocenters. The molecule has 98 valence electrons. The van der Waals surface area contributed by atoms with Gasteiger partial charge >= 0.3 is 0 Å². The predicted octanol–water partition coefficient (Wildman–Crippen LogP) is 4.93. The van der Waals surface area contributed by atoms with Crippen LogP contribution in [-0.4, -0.2) is 9.97 Å². The van der Waals surface area contributed by atoms with Crippen LogP contribution in [0.2, 0.25) is 0 Å². The van der Waals surface area contributed by atoms with Crippen molar-refractivity contribution in [3.63, 3.8) is 0 Å². The smallest absolute Gasteiger partial charge is 0.109 e. The molecule has 0 fully saturated rings. The van der Waals surface area contributed by atoms with Crippen LogP contribution in [-0.2, 0) is 0 Å². The molecule has 2 nitrogen and oxygen atoms in total. The van der Waals surface area contributed by atoms with Crippen LogP contribution in [0.1, 0.15) is 76.2 Å². The molecule has 0 aliphatic carbocycles. The molecule has 2 heteroatoms. The first-order valence-electron chi connectivity index (χ1n) is 6.93. The van der Waals surface area contributed by atoms with E-state index in [1.807, 2.05) is 0 Å². The molecule has 0 bridgehead atoms. The van der Waals surface area contributed by atoms with Crippen molar-refractivity contribution in [3.05, 3.63) is 29.1 Å². The van der Waals surface area contributed by atoms with Crippen LogP contribution >= 0.6 is 0 Å². The van der Waals surface area contributed by atoms with Crippen LogP contribution in [0.3, 0.4) is 0 Å². The maximum atomic E-state index is 4.70. The first kappa shape index (κ1) is 13.1. The van der Waals surface area contributed by atoms with Gasteiger partial charge in [0.05, 0.1) is 11.0 Å². The highest BCUT2D eigenvalue weighted by atomic mass is 14.9. The standard InChI is InChI=1S/C16H24N2/c1-9(2)12-7-14-15(8-13(12)10(3)4)18-16(17-14)11(5)6/h7-11H,1-6H3,(H,17,18). The Morgan fingerprint density at radius 1 is 0.833 bits per heavy atom. The quantitative estimate of drug-likeness (QED) is 0.814. The number of nitrogens with one attached hydrogen (secondary N) is 1. The Morgan fingerprint density at radius 2 is 1.39 bits per heavy atom. The van der Waals surface area contributed by atoms with Gasteiger partial charge in [-0.1, -0.05) is 41.5 Å². The highest BCUT2D eigenvalue weighted by Crippen LogP contribution is 2.30. The van der Waals surface area contributed by atoms with E-state index in [1.54, 1.807) is 0 Å². The topological polar surface area (TPSA) is 28.7 Å². The van der Waals surface area contributed by atoms with Gasteiger partial charge in [0.1, 0.15) is 5.82 Å². The van der Waals surface area contributed by atoms with E-state index in [0.29, 0.717) is 17.8 Å². The fraction of sp³-hybridized carbons (Fsp3) is 0.562. The van der Waals surface area contributed by atoms with E-state index >= 15 is 0 Å². The first-order chi connectivity index (χ1) is 8.40. The van der Waals surface area contributed by atoms with Crippen molar-refractivity contribution in [2.75, 3.05) is 0 Å². The van der Waals surface area contributed by atoms with Crippen molar-refractivity contribution in [2.24, 2.45) is 0 Å². The Labute approximate surface area is 110 Å². The highest BCUT2D eigenvalue weighted by Gasteiger charge is 2.14. The third-order valence-corrected chi connectivity index (χ3v) is 3.50. The predicted molar refractivity (Wildman–Crippen MR) is 78.4 cm³/mol. The average Bonchev–Trinajstić information content (AvgIpc) is 2.69. The van der Waals surface area contributed by atoms with Crippen molar-refractivity contribution in [1.82, 2.24) is 9.97 Å². The van der Waals surface area contributed by atoms with Crippen molar-refractivity contribution in [1.29, 1.82) is 0 Å². The molecule has 1 N–H and O–H groups in total. The monoisotopic (exact) mass is 244 g/mol. The van der Waals surface area contributed by atoms with E-state index in [1.165, 1.54) is 16.6 Å². The second kappa shape index (κ2) is 4.75. The third-order valence-electron chi connectivity index (χ3n) is 3.50. The zero-order valence-corrected chi connectivity index (χ0v) is 12.3. The Balaban J connectivity index is 2.65. The van der Waals surface area contributed by atoms with Gasteiger partial charge in [-0.05, 0) is 35.1 Å². The maximum Gasteiger partial charge on any atom is 0.109 e. The lowest BCUT2D eigenvalue weighted by atomic mass is 9.90. The summed E-state index contributed by atoms with van der Waals surface area (Å²) in [6.07, 6.45) is 0.